The van der Waals surface area contributed by atoms with Crippen LogP contribution in [-0.4, -0.2) is 18.5 Å². The van der Waals surface area contributed by atoms with Crippen LogP contribution < -0.4 is 11.1 Å². The maximum atomic E-state index is 10.8. The highest BCUT2D eigenvalue weighted by molar-refractivity contribution is 5.76. The molecule has 0 aromatic heterocycles. The van der Waals surface area contributed by atoms with Crippen LogP contribution in [0.15, 0.2) is 0 Å². The Hall–Kier alpha value is -0.570. The third kappa shape index (κ3) is 5.97. The zero-order valence-corrected chi connectivity index (χ0v) is 9.84. The normalized spacial score (nSPS) is 17.4. The van der Waals surface area contributed by atoms with Gasteiger partial charge in [0.1, 0.15) is 0 Å². The Balaban J connectivity index is 3.63. The molecule has 0 aromatic carbocycles. The van der Waals surface area contributed by atoms with Crippen LogP contribution in [0.3, 0.4) is 0 Å². The van der Waals surface area contributed by atoms with E-state index in [0.29, 0.717) is 12.6 Å². The molecule has 0 heterocycles. The SMILES string of the molecule is CCC(C)CC(C)NCC(C)C(N)=O. The van der Waals surface area contributed by atoms with Crippen molar-refractivity contribution in [2.24, 2.45) is 17.6 Å². The average molecular weight is 200 g/mol. The first-order valence-electron chi connectivity index (χ1n) is 5.50. The van der Waals surface area contributed by atoms with Gasteiger partial charge in [-0.25, -0.2) is 0 Å². The van der Waals surface area contributed by atoms with Gasteiger partial charge in [0.25, 0.3) is 0 Å². The molecule has 0 fully saturated rings. The largest absolute Gasteiger partial charge is 0.369 e. The van der Waals surface area contributed by atoms with Crippen molar-refractivity contribution in [1.82, 2.24) is 5.32 Å². The van der Waals surface area contributed by atoms with Crippen molar-refractivity contribution in [3.8, 4) is 0 Å². The maximum absolute atomic E-state index is 10.8. The average Bonchev–Trinajstić information content (AvgIpc) is 2.13. The van der Waals surface area contributed by atoms with Gasteiger partial charge < -0.3 is 11.1 Å². The van der Waals surface area contributed by atoms with E-state index in [1.165, 1.54) is 6.42 Å². The minimum Gasteiger partial charge on any atom is -0.369 e. The third-order valence-corrected chi connectivity index (χ3v) is 2.71. The lowest BCUT2D eigenvalue weighted by atomic mass is 10.00. The van der Waals surface area contributed by atoms with Crippen LogP contribution in [0.5, 0.6) is 0 Å². The molecule has 3 nitrogen and oxygen atoms in total. The van der Waals surface area contributed by atoms with E-state index < -0.39 is 0 Å². The van der Waals surface area contributed by atoms with Crippen LogP contribution in [0.4, 0.5) is 0 Å². The van der Waals surface area contributed by atoms with Crippen LogP contribution >= 0.6 is 0 Å². The van der Waals surface area contributed by atoms with Crippen LogP contribution in [0.25, 0.3) is 0 Å². The quantitative estimate of drug-likeness (QED) is 0.654. The molecule has 0 rings (SSSR count). The smallest absolute Gasteiger partial charge is 0.221 e. The summed E-state index contributed by atoms with van der Waals surface area (Å²) in [6.07, 6.45) is 2.36. The lowest BCUT2D eigenvalue weighted by molar-refractivity contribution is -0.121. The van der Waals surface area contributed by atoms with Gasteiger partial charge >= 0.3 is 0 Å². The second kappa shape index (κ2) is 6.82. The summed E-state index contributed by atoms with van der Waals surface area (Å²) in [4.78, 5) is 10.8. The molecule has 3 N–H and O–H groups in total. The molecule has 0 aliphatic rings. The third-order valence-electron chi connectivity index (χ3n) is 2.71. The first-order valence-corrected chi connectivity index (χ1v) is 5.50. The predicted molar refractivity (Wildman–Crippen MR) is 59.9 cm³/mol. The number of nitrogens with two attached hydrogens (primary N) is 1. The lowest BCUT2D eigenvalue weighted by Gasteiger charge is -2.18. The summed E-state index contributed by atoms with van der Waals surface area (Å²) >= 11 is 0. The van der Waals surface area contributed by atoms with E-state index in [9.17, 15) is 4.79 Å². The van der Waals surface area contributed by atoms with Gasteiger partial charge in [-0.15, -0.1) is 0 Å². The van der Waals surface area contributed by atoms with Crippen molar-refractivity contribution >= 4 is 5.91 Å². The molecular formula is C11H24N2O. The van der Waals surface area contributed by atoms with Gasteiger partial charge in [-0.05, 0) is 19.3 Å². The van der Waals surface area contributed by atoms with E-state index in [1.54, 1.807) is 0 Å². The molecule has 0 aromatic rings. The summed E-state index contributed by atoms with van der Waals surface area (Å²) in [7, 11) is 0. The van der Waals surface area contributed by atoms with E-state index in [-0.39, 0.29) is 11.8 Å². The fraction of sp³-hybridized carbons (Fsp3) is 0.909. The van der Waals surface area contributed by atoms with Crippen molar-refractivity contribution in [2.75, 3.05) is 6.54 Å². The van der Waals surface area contributed by atoms with Gasteiger partial charge in [0.15, 0.2) is 0 Å². The molecular weight excluding hydrogens is 176 g/mol. The van der Waals surface area contributed by atoms with E-state index in [2.05, 4.69) is 26.1 Å². The van der Waals surface area contributed by atoms with Crippen LogP contribution in [0, 0.1) is 11.8 Å². The number of carbonyl (C=O) groups excluding carboxylic acids is 1. The molecule has 0 bridgehead atoms. The molecule has 3 heteroatoms. The van der Waals surface area contributed by atoms with Gasteiger partial charge in [-0.2, -0.15) is 0 Å². The van der Waals surface area contributed by atoms with Crippen molar-refractivity contribution in [3.05, 3.63) is 0 Å². The summed E-state index contributed by atoms with van der Waals surface area (Å²) in [6.45, 7) is 9.14. The van der Waals surface area contributed by atoms with E-state index >= 15 is 0 Å². The van der Waals surface area contributed by atoms with Gasteiger partial charge in [0, 0.05) is 18.5 Å². The van der Waals surface area contributed by atoms with Crippen LogP contribution in [-0.2, 0) is 4.79 Å². The van der Waals surface area contributed by atoms with Crippen LogP contribution in [0.2, 0.25) is 0 Å². The number of hydrogen-bond acceptors (Lipinski definition) is 2. The molecule has 3 atom stereocenters. The molecule has 0 aliphatic carbocycles. The zero-order chi connectivity index (χ0) is 11.1. The van der Waals surface area contributed by atoms with Gasteiger partial charge in [0.2, 0.25) is 5.91 Å². The van der Waals surface area contributed by atoms with Crippen molar-refractivity contribution in [3.63, 3.8) is 0 Å². The molecule has 84 valence electrons. The Kier molecular flexibility index (Phi) is 6.54. The van der Waals surface area contributed by atoms with E-state index in [4.69, 9.17) is 5.73 Å². The molecule has 0 radical (unpaired) electrons. The monoisotopic (exact) mass is 200 g/mol. The Morgan fingerprint density at radius 3 is 2.36 bits per heavy atom. The molecule has 0 spiro atoms. The highest BCUT2D eigenvalue weighted by atomic mass is 16.1. The van der Waals surface area contributed by atoms with Crippen molar-refractivity contribution in [1.29, 1.82) is 0 Å². The number of nitrogens with one attached hydrogen (secondary N) is 1. The summed E-state index contributed by atoms with van der Waals surface area (Å²) in [5, 5.41) is 3.33. The van der Waals surface area contributed by atoms with E-state index in [1.807, 2.05) is 6.92 Å². The number of amides is 1. The molecule has 3 unspecified atom stereocenters. The summed E-state index contributed by atoms with van der Waals surface area (Å²) in [5.74, 6) is 0.434. The fourth-order valence-electron chi connectivity index (χ4n) is 1.33. The maximum Gasteiger partial charge on any atom is 0.221 e. The van der Waals surface area contributed by atoms with Gasteiger partial charge in [-0.1, -0.05) is 27.2 Å². The first-order chi connectivity index (χ1) is 6.47. The number of carbonyl (C=O) groups is 1. The summed E-state index contributed by atoms with van der Waals surface area (Å²) in [5.41, 5.74) is 5.17. The standard InChI is InChI=1S/C11H24N2O/c1-5-8(2)6-10(4)13-7-9(3)11(12)14/h8-10,13H,5-7H2,1-4H3,(H2,12,14). The molecule has 14 heavy (non-hydrogen) atoms. The Labute approximate surface area is 87.4 Å². The minimum absolute atomic E-state index is 0.0746. The Morgan fingerprint density at radius 2 is 1.93 bits per heavy atom. The number of rotatable bonds is 7. The molecule has 0 saturated carbocycles. The summed E-state index contributed by atoms with van der Waals surface area (Å²) in [6, 6.07) is 0.465. The minimum atomic E-state index is -0.228. The zero-order valence-electron chi connectivity index (χ0n) is 9.84. The van der Waals surface area contributed by atoms with Crippen LogP contribution in [0.1, 0.15) is 40.5 Å². The van der Waals surface area contributed by atoms with Gasteiger partial charge in [0.05, 0.1) is 0 Å². The predicted octanol–water partition coefficient (Wildman–Crippen LogP) is 1.52. The first kappa shape index (κ1) is 13.4. The second-order valence-electron chi connectivity index (χ2n) is 4.36. The highest BCUT2D eigenvalue weighted by Gasteiger charge is 2.11. The number of primary amides is 1. The lowest BCUT2D eigenvalue weighted by Crippen LogP contribution is -2.36. The molecule has 0 saturated heterocycles. The number of hydrogen-bond donors (Lipinski definition) is 2. The fourth-order valence-corrected chi connectivity index (χ4v) is 1.33. The van der Waals surface area contributed by atoms with Crippen molar-refractivity contribution in [2.45, 2.75) is 46.6 Å². The van der Waals surface area contributed by atoms with Gasteiger partial charge in [-0.3, -0.25) is 4.79 Å². The van der Waals surface area contributed by atoms with E-state index in [0.717, 1.165) is 12.3 Å². The Morgan fingerprint density at radius 1 is 1.36 bits per heavy atom. The topological polar surface area (TPSA) is 55.1 Å². The highest BCUT2D eigenvalue weighted by Crippen LogP contribution is 2.09. The molecule has 0 aliphatic heterocycles. The second-order valence-corrected chi connectivity index (χ2v) is 4.36. The van der Waals surface area contributed by atoms with Crippen molar-refractivity contribution < 1.29 is 4.79 Å². The molecule has 1 amide bonds. The summed E-state index contributed by atoms with van der Waals surface area (Å²) < 4.78 is 0. The Bertz CT molecular complexity index is 171.